The lowest BCUT2D eigenvalue weighted by Crippen LogP contribution is -2.22. The molecule has 0 aromatic heterocycles. The predicted molar refractivity (Wildman–Crippen MR) is 91.4 cm³/mol. The van der Waals surface area contributed by atoms with E-state index in [0.29, 0.717) is 6.54 Å². The minimum Gasteiger partial charge on any atom is -0.505 e. The van der Waals surface area contributed by atoms with Crippen LogP contribution in [0.1, 0.15) is 45.7 Å². The standard InChI is InChI=1S/C18H16ClNO4/c1-8(2)7-20-14-13(19)17(23)11-12(18(14)24)16(22)10-6-4-3-5-9(10)15(11)21/h3-6,8,20,23-24H,7H2,1-2H3. The van der Waals surface area contributed by atoms with Gasteiger partial charge < -0.3 is 15.5 Å². The molecule has 0 aliphatic heterocycles. The molecule has 0 atom stereocenters. The summed E-state index contributed by atoms with van der Waals surface area (Å²) in [6, 6.07) is 6.30. The second-order valence-electron chi connectivity index (χ2n) is 6.11. The Labute approximate surface area is 143 Å². The lowest BCUT2D eigenvalue weighted by Gasteiger charge is -2.23. The molecule has 0 radical (unpaired) electrons. The van der Waals surface area contributed by atoms with Gasteiger partial charge in [0.05, 0.1) is 11.1 Å². The molecular formula is C18H16ClNO4. The van der Waals surface area contributed by atoms with Crippen LogP contribution in [0.25, 0.3) is 0 Å². The largest absolute Gasteiger partial charge is 0.505 e. The van der Waals surface area contributed by atoms with Crippen LogP contribution in [0, 0.1) is 5.92 Å². The van der Waals surface area contributed by atoms with Crippen molar-refractivity contribution in [2.75, 3.05) is 11.9 Å². The van der Waals surface area contributed by atoms with Gasteiger partial charge in [0.1, 0.15) is 16.5 Å². The Hall–Kier alpha value is -2.53. The maximum absolute atomic E-state index is 12.7. The molecule has 24 heavy (non-hydrogen) atoms. The minimum atomic E-state index is -0.537. The third-order valence-corrected chi connectivity index (χ3v) is 4.31. The van der Waals surface area contributed by atoms with Crippen molar-refractivity contribution in [3.05, 3.63) is 51.5 Å². The summed E-state index contributed by atoms with van der Waals surface area (Å²) in [5, 5.41) is 23.7. The number of ketones is 2. The number of carbonyl (C=O) groups is 2. The molecule has 0 amide bonds. The zero-order valence-corrected chi connectivity index (χ0v) is 13.9. The van der Waals surface area contributed by atoms with E-state index in [0.717, 1.165) is 0 Å². The number of carbonyl (C=O) groups excluding carboxylic acids is 2. The Bertz CT molecular complexity index is 874. The Balaban J connectivity index is 2.25. The normalized spacial score (nSPS) is 13.0. The molecule has 5 nitrogen and oxygen atoms in total. The first kappa shape index (κ1) is 16.3. The van der Waals surface area contributed by atoms with Crippen LogP contribution in [-0.2, 0) is 0 Å². The number of hydrogen-bond donors (Lipinski definition) is 3. The predicted octanol–water partition coefficient (Wildman–Crippen LogP) is 3.59. The van der Waals surface area contributed by atoms with E-state index in [9.17, 15) is 19.8 Å². The number of rotatable bonds is 3. The molecule has 0 unspecified atom stereocenters. The Morgan fingerprint density at radius 2 is 1.50 bits per heavy atom. The SMILES string of the molecule is CC(C)CNc1c(O)c2c(c(O)c1Cl)C(=O)c1ccccc1C2=O. The average molecular weight is 346 g/mol. The zero-order valence-electron chi connectivity index (χ0n) is 13.2. The number of phenols is 2. The van der Waals surface area contributed by atoms with Crippen molar-refractivity contribution in [2.45, 2.75) is 13.8 Å². The number of anilines is 1. The van der Waals surface area contributed by atoms with Crippen molar-refractivity contribution in [1.82, 2.24) is 0 Å². The molecule has 3 N–H and O–H groups in total. The number of halogens is 1. The number of benzene rings is 2. The van der Waals surface area contributed by atoms with E-state index in [2.05, 4.69) is 5.32 Å². The summed E-state index contributed by atoms with van der Waals surface area (Å²) in [5.74, 6) is -1.72. The van der Waals surface area contributed by atoms with E-state index < -0.39 is 23.1 Å². The van der Waals surface area contributed by atoms with Gasteiger partial charge in [-0.25, -0.2) is 0 Å². The molecular weight excluding hydrogens is 330 g/mol. The first-order valence-electron chi connectivity index (χ1n) is 7.54. The summed E-state index contributed by atoms with van der Waals surface area (Å²) in [7, 11) is 0. The van der Waals surface area contributed by atoms with Crippen LogP contribution in [-0.4, -0.2) is 28.3 Å². The van der Waals surface area contributed by atoms with Crippen LogP contribution in [0.3, 0.4) is 0 Å². The lowest BCUT2D eigenvalue weighted by atomic mass is 9.82. The maximum atomic E-state index is 12.7. The molecule has 1 aliphatic rings. The van der Waals surface area contributed by atoms with Crippen molar-refractivity contribution in [3.63, 3.8) is 0 Å². The molecule has 2 aromatic rings. The highest BCUT2D eigenvalue weighted by Gasteiger charge is 2.37. The second-order valence-corrected chi connectivity index (χ2v) is 6.49. The van der Waals surface area contributed by atoms with E-state index >= 15 is 0 Å². The smallest absolute Gasteiger partial charge is 0.198 e. The van der Waals surface area contributed by atoms with Gasteiger partial charge in [-0.05, 0) is 5.92 Å². The first-order valence-corrected chi connectivity index (χ1v) is 7.92. The first-order chi connectivity index (χ1) is 11.3. The number of hydrogen-bond acceptors (Lipinski definition) is 5. The molecule has 0 heterocycles. The van der Waals surface area contributed by atoms with Gasteiger partial charge in [-0.15, -0.1) is 0 Å². The van der Waals surface area contributed by atoms with E-state index in [1.54, 1.807) is 12.1 Å². The van der Waals surface area contributed by atoms with Crippen molar-refractivity contribution >= 4 is 28.9 Å². The van der Waals surface area contributed by atoms with E-state index in [-0.39, 0.29) is 38.9 Å². The number of fused-ring (bicyclic) bond motifs is 2. The van der Waals surface area contributed by atoms with Crippen LogP contribution in [0.2, 0.25) is 5.02 Å². The van der Waals surface area contributed by atoms with Gasteiger partial charge >= 0.3 is 0 Å². The van der Waals surface area contributed by atoms with Crippen LogP contribution < -0.4 is 5.32 Å². The number of phenolic OH excluding ortho intramolecular Hbond substituents is 2. The van der Waals surface area contributed by atoms with Gasteiger partial charge in [-0.1, -0.05) is 49.7 Å². The van der Waals surface area contributed by atoms with Crippen LogP contribution in [0.15, 0.2) is 24.3 Å². The van der Waals surface area contributed by atoms with E-state index in [4.69, 9.17) is 11.6 Å². The zero-order chi connectivity index (χ0) is 17.6. The Morgan fingerprint density at radius 3 is 2.00 bits per heavy atom. The summed E-state index contributed by atoms with van der Waals surface area (Å²) < 4.78 is 0. The van der Waals surface area contributed by atoms with Crippen molar-refractivity contribution in [2.24, 2.45) is 5.92 Å². The molecule has 6 heteroatoms. The Kier molecular flexibility index (Phi) is 3.97. The van der Waals surface area contributed by atoms with Gasteiger partial charge in [0.25, 0.3) is 0 Å². The van der Waals surface area contributed by atoms with Crippen molar-refractivity contribution < 1.29 is 19.8 Å². The fraction of sp³-hybridized carbons (Fsp3) is 0.222. The fourth-order valence-corrected chi connectivity index (χ4v) is 3.00. The third kappa shape index (κ3) is 2.32. The summed E-state index contributed by atoms with van der Waals surface area (Å²) in [6.07, 6.45) is 0. The molecule has 0 saturated carbocycles. The fourth-order valence-electron chi connectivity index (χ4n) is 2.75. The van der Waals surface area contributed by atoms with Crippen molar-refractivity contribution in [1.29, 1.82) is 0 Å². The van der Waals surface area contributed by atoms with Crippen molar-refractivity contribution in [3.8, 4) is 11.5 Å². The highest BCUT2D eigenvalue weighted by atomic mass is 35.5. The molecule has 0 spiro atoms. The average Bonchev–Trinajstić information content (AvgIpc) is 2.55. The second kappa shape index (κ2) is 5.83. The summed E-state index contributed by atoms with van der Waals surface area (Å²) in [4.78, 5) is 25.4. The van der Waals surface area contributed by atoms with E-state index in [1.807, 2.05) is 13.8 Å². The molecule has 124 valence electrons. The molecule has 0 saturated heterocycles. The lowest BCUT2D eigenvalue weighted by molar-refractivity contribution is 0.0974. The highest BCUT2D eigenvalue weighted by molar-refractivity contribution is 6.39. The van der Waals surface area contributed by atoms with Crippen LogP contribution >= 0.6 is 11.6 Å². The summed E-state index contributed by atoms with van der Waals surface area (Å²) in [6.45, 7) is 4.40. The maximum Gasteiger partial charge on any atom is 0.198 e. The van der Waals surface area contributed by atoms with E-state index in [1.165, 1.54) is 12.1 Å². The summed E-state index contributed by atoms with van der Waals surface area (Å²) in [5.41, 5.74) is -0.0317. The topological polar surface area (TPSA) is 86.6 Å². The van der Waals surface area contributed by atoms with Gasteiger partial charge in [0, 0.05) is 17.7 Å². The molecule has 0 bridgehead atoms. The number of nitrogens with one attached hydrogen (secondary N) is 1. The quantitative estimate of drug-likeness (QED) is 0.499. The molecule has 0 fully saturated rings. The molecule has 3 rings (SSSR count). The number of aromatic hydroxyl groups is 2. The van der Waals surface area contributed by atoms with Gasteiger partial charge in [0.2, 0.25) is 0 Å². The minimum absolute atomic E-state index is 0.0575. The monoisotopic (exact) mass is 345 g/mol. The van der Waals surface area contributed by atoms with Gasteiger partial charge in [0.15, 0.2) is 17.3 Å². The van der Waals surface area contributed by atoms with Gasteiger partial charge in [-0.2, -0.15) is 0 Å². The van der Waals surface area contributed by atoms with Gasteiger partial charge in [-0.3, -0.25) is 9.59 Å². The molecule has 1 aliphatic carbocycles. The third-order valence-electron chi connectivity index (χ3n) is 3.95. The van der Waals surface area contributed by atoms with Crippen LogP contribution in [0.5, 0.6) is 11.5 Å². The highest BCUT2D eigenvalue weighted by Crippen LogP contribution is 2.48. The summed E-state index contributed by atoms with van der Waals surface area (Å²) >= 11 is 6.12. The van der Waals surface area contributed by atoms with Crippen LogP contribution in [0.4, 0.5) is 5.69 Å². The Morgan fingerprint density at radius 1 is 1.00 bits per heavy atom. The molecule has 2 aromatic carbocycles.